The van der Waals surface area contributed by atoms with Crippen molar-refractivity contribution in [2.75, 3.05) is 0 Å². The maximum Gasteiger partial charge on any atom is 0.325 e. The molecule has 5 rings (SSSR count). The van der Waals surface area contributed by atoms with Crippen LogP contribution in [0.1, 0.15) is 95.0 Å². The standard InChI is InChI=1S/C30H23N2.C15H28O2.Ir/c1-18-11-19(2)13-25(12-18)30-28-8-6-23-16-22(5-7-26(23)27(28)9-10-32-30)24-14-20(3)29(17-31)21(4)15-24;1-7-14(5,8-2)12(16)11-13(17)15(6,9-3)10-4;/h5-12,14-16H,1-4H3;11,16H,7-10H2,1-6H3;/q-1;;/p+1/b;12-11-;. The minimum Gasteiger partial charge on any atom is -0.511 e. The van der Waals surface area contributed by atoms with E-state index in [1.54, 1.807) is 6.08 Å². The maximum absolute atomic E-state index is 10.2. The monoisotopic (exact) mass is 845 g/mol. The zero-order chi connectivity index (χ0) is 36.1. The Hall–Kier alpha value is -4.10. The zero-order valence-corrected chi connectivity index (χ0v) is 33.8. The fraction of sp³-hybridized carbons (Fsp3) is 0.356. The van der Waals surface area contributed by atoms with Crippen LogP contribution >= 0.6 is 0 Å². The summed E-state index contributed by atoms with van der Waals surface area (Å²) in [5.74, 6) is 0.598. The number of aliphatic hydroxyl groups excluding tert-OH is 1. The van der Waals surface area contributed by atoms with Gasteiger partial charge >= 0.3 is 5.78 Å². The quantitative estimate of drug-likeness (QED) is 0.0528. The molecule has 0 amide bonds. The molecule has 263 valence electrons. The van der Waals surface area contributed by atoms with E-state index in [-0.39, 0.29) is 30.9 Å². The molecule has 0 fully saturated rings. The summed E-state index contributed by atoms with van der Waals surface area (Å²) in [6.07, 6.45) is 6.94. The molecule has 1 heterocycles. The summed E-state index contributed by atoms with van der Waals surface area (Å²) in [6, 6.07) is 27.3. The molecule has 2 N–H and O–H groups in total. The van der Waals surface area contributed by atoms with Crippen molar-refractivity contribution < 1.29 is 30.0 Å². The number of fused-ring (bicyclic) bond motifs is 3. The molecule has 0 unspecified atom stereocenters. The minimum absolute atomic E-state index is 0. The van der Waals surface area contributed by atoms with Gasteiger partial charge in [-0.05, 0) is 108 Å². The van der Waals surface area contributed by atoms with E-state index in [1.165, 1.54) is 21.7 Å². The minimum atomic E-state index is -0.226. The van der Waals surface area contributed by atoms with Crippen molar-refractivity contribution in [3.8, 4) is 28.5 Å². The third-order valence-corrected chi connectivity index (χ3v) is 10.8. The van der Waals surface area contributed by atoms with E-state index in [0.29, 0.717) is 11.5 Å². The SMILES string of the molecule is CCC(C)(CC)C(=[OH+])/C=C(\O)C(C)(CC)CC.Cc1[c-]c(-c2nccc3c2ccc2cc(-c4cc(C)c(C#N)c(C)c4)ccc23)cc(C)c1.[Ir]. The Bertz CT molecular complexity index is 2030. The van der Waals surface area contributed by atoms with Crippen LogP contribution in [0.4, 0.5) is 0 Å². The molecule has 0 saturated heterocycles. The Morgan fingerprint density at radius 2 is 1.40 bits per heavy atom. The Kier molecular flexibility index (Phi) is 13.5. The van der Waals surface area contributed by atoms with Gasteiger partial charge in [0.05, 0.1) is 23.1 Å². The van der Waals surface area contributed by atoms with Crippen LogP contribution in [0.2, 0.25) is 0 Å². The second-order valence-corrected chi connectivity index (χ2v) is 14.1. The molecule has 5 heteroatoms. The van der Waals surface area contributed by atoms with Gasteiger partial charge in [0.1, 0.15) is 5.76 Å². The molecule has 50 heavy (non-hydrogen) atoms. The van der Waals surface area contributed by atoms with E-state index in [2.05, 4.69) is 114 Å². The fourth-order valence-corrected chi connectivity index (χ4v) is 6.42. The Morgan fingerprint density at radius 3 is 1.96 bits per heavy atom. The second-order valence-electron chi connectivity index (χ2n) is 14.1. The zero-order valence-electron chi connectivity index (χ0n) is 31.4. The third kappa shape index (κ3) is 8.43. The number of nitrogens with zero attached hydrogens (tertiary/aromatic N) is 2. The summed E-state index contributed by atoms with van der Waals surface area (Å²) >= 11 is 0. The molecule has 1 aromatic heterocycles. The van der Waals surface area contributed by atoms with E-state index in [1.807, 2.05) is 33.9 Å². The number of nitriles is 1. The first kappa shape index (κ1) is 40.3. The smallest absolute Gasteiger partial charge is 0.325 e. The normalized spacial score (nSPS) is 11.8. The van der Waals surface area contributed by atoms with E-state index in [9.17, 15) is 15.2 Å². The number of aryl methyl sites for hydroxylation is 4. The maximum atomic E-state index is 10.2. The van der Waals surface area contributed by atoms with Gasteiger partial charge in [0.15, 0.2) is 0 Å². The summed E-state index contributed by atoms with van der Waals surface area (Å²) in [4.78, 5) is 14.9. The molecule has 1 radical (unpaired) electrons. The van der Waals surface area contributed by atoms with Gasteiger partial charge in [-0.3, -0.25) is 4.79 Å². The molecular formula is C45H52IrN2O2. The third-order valence-electron chi connectivity index (χ3n) is 10.8. The van der Waals surface area contributed by atoms with Crippen molar-refractivity contribution in [1.82, 2.24) is 4.98 Å². The van der Waals surface area contributed by atoms with Gasteiger partial charge in [0.25, 0.3) is 0 Å². The molecule has 0 aliphatic heterocycles. The number of ketones is 1. The second kappa shape index (κ2) is 16.7. The van der Waals surface area contributed by atoms with Gasteiger partial charge in [0.2, 0.25) is 0 Å². The first-order valence-corrected chi connectivity index (χ1v) is 17.6. The van der Waals surface area contributed by atoms with Crippen LogP contribution in [-0.2, 0) is 20.1 Å². The Morgan fingerprint density at radius 1 is 0.800 bits per heavy atom. The van der Waals surface area contributed by atoms with E-state index in [4.69, 9.17) is 4.98 Å². The number of benzene rings is 4. The van der Waals surface area contributed by atoms with Gasteiger partial charge in [0, 0.05) is 31.7 Å². The van der Waals surface area contributed by atoms with Crippen LogP contribution in [0.15, 0.2) is 78.7 Å². The predicted molar refractivity (Wildman–Crippen MR) is 208 cm³/mol. The molecule has 0 bridgehead atoms. The summed E-state index contributed by atoms with van der Waals surface area (Å²) in [7, 11) is 0. The number of hydrogen-bond acceptors (Lipinski definition) is 3. The molecule has 4 aromatic carbocycles. The number of hydrogen-bond donors (Lipinski definition) is 1. The van der Waals surface area contributed by atoms with Crippen LogP contribution in [0.25, 0.3) is 43.9 Å². The largest absolute Gasteiger partial charge is 0.511 e. The van der Waals surface area contributed by atoms with Crippen molar-refractivity contribution in [3.05, 3.63) is 113 Å². The summed E-state index contributed by atoms with van der Waals surface area (Å²) in [5.41, 5.74) is 8.99. The van der Waals surface area contributed by atoms with Crippen LogP contribution < -0.4 is 0 Å². The number of pyridine rings is 1. The Balaban J connectivity index is 0.000000323. The Labute approximate surface area is 313 Å². The van der Waals surface area contributed by atoms with Crippen molar-refractivity contribution in [2.24, 2.45) is 10.8 Å². The average Bonchev–Trinajstić information content (AvgIpc) is 3.09. The average molecular weight is 845 g/mol. The van der Waals surface area contributed by atoms with E-state index in [0.717, 1.165) is 75.7 Å². The summed E-state index contributed by atoms with van der Waals surface area (Å²) in [6.45, 7) is 20.5. The van der Waals surface area contributed by atoms with Crippen LogP contribution in [0.5, 0.6) is 0 Å². The van der Waals surface area contributed by atoms with Gasteiger partial charge in [-0.25, -0.2) is 0 Å². The summed E-state index contributed by atoms with van der Waals surface area (Å²) in [5, 5.41) is 24.3. The van der Waals surface area contributed by atoms with Crippen molar-refractivity contribution in [3.63, 3.8) is 0 Å². The molecular weight excluding hydrogens is 793 g/mol. The van der Waals surface area contributed by atoms with Crippen molar-refractivity contribution >= 4 is 27.3 Å². The molecule has 0 aliphatic rings. The molecule has 0 spiro atoms. The van der Waals surface area contributed by atoms with Gasteiger partial charge < -0.3 is 10.1 Å². The van der Waals surface area contributed by atoms with Gasteiger partial charge in [-0.15, -0.1) is 34.9 Å². The molecule has 0 saturated carbocycles. The van der Waals surface area contributed by atoms with Crippen LogP contribution in [-0.4, -0.2) is 20.7 Å². The van der Waals surface area contributed by atoms with Crippen LogP contribution in [0, 0.1) is 55.9 Å². The number of rotatable bonds is 9. The van der Waals surface area contributed by atoms with Crippen LogP contribution in [0.3, 0.4) is 0 Å². The topological polar surface area (TPSA) is 78.3 Å². The van der Waals surface area contributed by atoms with E-state index < -0.39 is 0 Å². The van der Waals surface area contributed by atoms with Gasteiger partial charge in [-0.2, -0.15) is 5.26 Å². The van der Waals surface area contributed by atoms with Crippen molar-refractivity contribution in [1.29, 1.82) is 5.26 Å². The van der Waals surface area contributed by atoms with E-state index >= 15 is 0 Å². The number of carbonyl (C=O) groups excluding carboxylic acids is 1. The molecule has 4 nitrogen and oxygen atoms in total. The molecule has 0 atom stereocenters. The van der Waals surface area contributed by atoms with Crippen molar-refractivity contribution in [2.45, 2.75) is 94.9 Å². The molecule has 0 aliphatic carbocycles. The number of aromatic nitrogens is 1. The first-order valence-electron chi connectivity index (χ1n) is 17.6. The fourth-order valence-electron chi connectivity index (χ4n) is 6.42. The first-order chi connectivity index (χ1) is 23.2. The van der Waals surface area contributed by atoms with Gasteiger partial charge in [-0.1, -0.05) is 84.9 Å². The molecule has 5 aromatic rings. The number of aliphatic hydroxyl groups is 1. The number of allylic oxidation sites excluding steroid dienone is 2. The summed E-state index contributed by atoms with van der Waals surface area (Å²) < 4.78 is 0. The predicted octanol–water partition coefficient (Wildman–Crippen LogP) is 12.3.